The van der Waals surface area contributed by atoms with Crippen LogP contribution in [0.3, 0.4) is 0 Å². The second-order valence-corrected chi connectivity index (χ2v) is 8.41. The monoisotopic (exact) mass is 437 g/mol. The second kappa shape index (κ2) is 10.0. The Morgan fingerprint density at radius 3 is 2.19 bits per heavy atom. The van der Waals surface area contributed by atoms with Crippen LogP contribution in [0.25, 0.3) is 0 Å². The maximum Gasteiger partial charge on any atom is 0.261 e. The van der Waals surface area contributed by atoms with E-state index in [2.05, 4.69) is 4.90 Å². The Morgan fingerprint density at radius 2 is 1.53 bits per heavy atom. The van der Waals surface area contributed by atoms with Crippen molar-refractivity contribution in [1.29, 1.82) is 0 Å². The summed E-state index contributed by atoms with van der Waals surface area (Å²) in [5.74, 6) is -0.522. The van der Waals surface area contributed by atoms with E-state index in [4.69, 9.17) is 0 Å². The normalized spacial score (nSPS) is 16.5. The second-order valence-electron chi connectivity index (χ2n) is 8.41. The first kappa shape index (κ1) is 22.1. The van der Waals surface area contributed by atoms with Gasteiger partial charge in [0, 0.05) is 45.7 Å². The fourth-order valence-corrected chi connectivity index (χ4v) is 4.37. The first-order valence-electron chi connectivity index (χ1n) is 11.2. The molecular weight excluding hydrogens is 409 g/mol. The van der Waals surface area contributed by atoms with Crippen LogP contribution in [0, 0.1) is 5.82 Å². The lowest BCUT2D eigenvalue weighted by molar-refractivity contribution is -0.133. The molecule has 3 amide bonds. The highest BCUT2D eigenvalue weighted by Gasteiger charge is 2.34. The summed E-state index contributed by atoms with van der Waals surface area (Å²) < 4.78 is 13.3. The van der Waals surface area contributed by atoms with Gasteiger partial charge in [-0.1, -0.05) is 30.7 Å². The van der Waals surface area contributed by atoms with Gasteiger partial charge in [0.25, 0.3) is 11.8 Å². The third-order valence-corrected chi connectivity index (χ3v) is 6.17. The van der Waals surface area contributed by atoms with Gasteiger partial charge in [-0.2, -0.15) is 0 Å². The molecule has 0 N–H and O–H groups in total. The van der Waals surface area contributed by atoms with Gasteiger partial charge in [0.15, 0.2) is 0 Å². The first-order chi connectivity index (χ1) is 15.5. The first-order valence-corrected chi connectivity index (χ1v) is 11.2. The van der Waals surface area contributed by atoms with Crippen LogP contribution in [0.15, 0.2) is 48.5 Å². The molecule has 7 heteroatoms. The molecule has 32 heavy (non-hydrogen) atoms. The van der Waals surface area contributed by atoms with Crippen molar-refractivity contribution in [2.75, 3.05) is 32.7 Å². The summed E-state index contributed by atoms with van der Waals surface area (Å²) in [5, 5.41) is 0. The minimum Gasteiger partial charge on any atom is -0.340 e. The summed E-state index contributed by atoms with van der Waals surface area (Å²) in [5.41, 5.74) is 1.90. The van der Waals surface area contributed by atoms with Crippen LogP contribution >= 0.6 is 0 Å². The van der Waals surface area contributed by atoms with Gasteiger partial charge in [0.1, 0.15) is 5.82 Å². The summed E-state index contributed by atoms with van der Waals surface area (Å²) in [6.45, 7) is 4.01. The number of hydrogen-bond acceptors (Lipinski definition) is 4. The van der Waals surface area contributed by atoms with E-state index in [-0.39, 0.29) is 23.5 Å². The largest absolute Gasteiger partial charge is 0.340 e. The lowest BCUT2D eigenvalue weighted by Gasteiger charge is -2.34. The van der Waals surface area contributed by atoms with Crippen molar-refractivity contribution in [1.82, 2.24) is 14.7 Å². The maximum absolute atomic E-state index is 13.3. The van der Waals surface area contributed by atoms with E-state index in [1.165, 1.54) is 11.0 Å². The maximum atomic E-state index is 13.3. The molecule has 2 aromatic carbocycles. The Morgan fingerprint density at radius 1 is 0.844 bits per heavy atom. The zero-order valence-electron chi connectivity index (χ0n) is 18.1. The van der Waals surface area contributed by atoms with Crippen LogP contribution < -0.4 is 0 Å². The topological polar surface area (TPSA) is 60.9 Å². The molecule has 6 nitrogen and oxygen atoms in total. The highest BCUT2D eigenvalue weighted by atomic mass is 19.1. The van der Waals surface area contributed by atoms with Gasteiger partial charge >= 0.3 is 0 Å². The van der Waals surface area contributed by atoms with Gasteiger partial charge in [-0.25, -0.2) is 4.39 Å². The fraction of sp³-hybridized carbons (Fsp3) is 0.400. The Kier molecular flexibility index (Phi) is 6.95. The van der Waals surface area contributed by atoms with E-state index in [1.54, 1.807) is 36.4 Å². The number of carbonyl (C=O) groups excluding carboxylic acids is 3. The van der Waals surface area contributed by atoms with Crippen molar-refractivity contribution in [2.24, 2.45) is 0 Å². The number of carbonyl (C=O) groups is 3. The van der Waals surface area contributed by atoms with Crippen LogP contribution in [0.1, 0.15) is 52.0 Å². The standard InChI is InChI=1S/C25H28FN3O3/c26-20-8-6-7-19(17-20)18-27-13-15-28(16-14-27)23(30)11-2-1-5-12-29-24(31)21-9-3-4-10-22(21)25(29)32/h3-4,6-10,17H,1-2,5,11-16,18H2. The van der Waals surface area contributed by atoms with Crippen molar-refractivity contribution in [3.8, 4) is 0 Å². The van der Waals surface area contributed by atoms with Crippen molar-refractivity contribution < 1.29 is 18.8 Å². The lowest BCUT2D eigenvalue weighted by Crippen LogP contribution is -2.48. The predicted molar refractivity (Wildman–Crippen MR) is 119 cm³/mol. The van der Waals surface area contributed by atoms with Gasteiger partial charge in [-0.15, -0.1) is 0 Å². The molecule has 168 valence electrons. The summed E-state index contributed by atoms with van der Waals surface area (Å²) in [4.78, 5) is 42.7. The summed E-state index contributed by atoms with van der Waals surface area (Å²) in [6, 6.07) is 13.5. The quantitative estimate of drug-likeness (QED) is 0.470. The van der Waals surface area contributed by atoms with E-state index in [0.29, 0.717) is 50.1 Å². The Hall–Kier alpha value is -3.06. The number of piperazine rings is 1. The number of hydrogen-bond donors (Lipinski definition) is 0. The molecule has 0 saturated carbocycles. The number of rotatable bonds is 8. The third kappa shape index (κ3) is 5.05. The molecule has 0 spiro atoms. The van der Waals surface area contributed by atoms with Crippen molar-refractivity contribution >= 4 is 17.7 Å². The Bertz CT molecular complexity index is 966. The SMILES string of the molecule is O=C(CCCCCN1C(=O)c2ccccc2C1=O)N1CCN(Cc2cccc(F)c2)CC1. The Balaban J connectivity index is 1.13. The molecule has 0 radical (unpaired) electrons. The minimum atomic E-state index is -0.224. The molecule has 1 saturated heterocycles. The number of benzene rings is 2. The number of unbranched alkanes of at least 4 members (excludes halogenated alkanes) is 2. The molecule has 0 unspecified atom stereocenters. The van der Waals surface area contributed by atoms with Gasteiger partial charge in [-0.05, 0) is 42.7 Å². The molecule has 1 fully saturated rings. The Labute approximate surface area is 187 Å². The van der Waals surface area contributed by atoms with Crippen LogP contribution in [0.5, 0.6) is 0 Å². The average molecular weight is 438 g/mol. The summed E-state index contributed by atoms with van der Waals surface area (Å²) in [7, 11) is 0. The molecule has 2 aliphatic rings. The highest BCUT2D eigenvalue weighted by Crippen LogP contribution is 2.23. The highest BCUT2D eigenvalue weighted by molar-refractivity contribution is 6.21. The van der Waals surface area contributed by atoms with Gasteiger partial charge < -0.3 is 4.90 Å². The third-order valence-electron chi connectivity index (χ3n) is 6.17. The van der Waals surface area contributed by atoms with Crippen molar-refractivity contribution in [3.63, 3.8) is 0 Å². The molecular formula is C25H28FN3O3. The van der Waals surface area contributed by atoms with Crippen LogP contribution in [0.4, 0.5) is 4.39 Å². The number of imide groups is 1. The molecule has 4 rings (SSSR count). The molecule has 2 heterocycles. The molecule has 2 aliphatic heterocycles. The average Bonchev–Trinajstić information content (AvgIpc) is 3.04. The summed E-state index contributed by atoms with van der Waals surface area (Å²) in [6.07, 6.45) is 2.70. The van der Waals surface area contributed by atoms with Gasteiger partial charge in [0.05, 0.1) is 11.1 Å². The smallest absolute Gasteiger partial charge is 0.261 e. The zero-order valence-corrected chi connectivity index (χ0v) is 18.1. The van der Waals surface area contributed by atoms with E-state index in [9.17, 15) is 18.8 Å². The number of amides is 3. The lowest BCUT2D eigenvalue weighted by atomic mass is 10.1. The van der Waals surface area contributed by atoms with E-state index >= 15 is 0 Å². The molecule has 0 bridgehead atoms. The molecule has 0 aromatic heterocycles. The molecule has 0 atom stereocenters. The van der Waals surface area contributed by atoms with Crippen molar-refractivity contribution in [2.45, 2.75) is 32.2 Å². The number of fused-ring (bicyclic) bond motifs is 1. The van der Waals surface area contributed by atoms with E-state index < -0.39 is 0 Å². The minimum absolute atomic E-state index is 0.149. The predicted octanol–water partition coefficient (Wildman–Crippen LogP) is 3.33. The zero-order chi connectivity index (χ0) is 22.5. The van der Waals surface area contributed by atoms with E-state index in [1.807, 2.05) is 11.0 Å². The fourth-order valence-electron chi connectivity index (χ4n) is 4.37. The summed E-state index contributed by atoms with van der Waals surface area (Å²) >= 11 is 0. The molecule has 2 aromatic rings. The number of halogens is 1. The van der Waals surface area contributed by atoms with E-state index in [0.717, 1.165) is 31.5 Å². The van der Waals surface area contributed by atoms with Gasteiger partial charge in [0.2, 0.25) is 5.91 Å². The van der Waals surface area contributed by atoms with Gasteiger partial charge in [-0.3, -0.25) is 24.2 Å². The molecule has 0 aliphatic carbocycles. The van der Waals surface area contributed by atoms with Crippen molar-refractivity contribution in [3.05, 3.63) is 71.0 Å². The number of nitrogens with zero attached hydrogens (tertiary/aromatic N) is 3. The van der Waals surface area contributed by atoms with Crippen LogP contribution in [-0.4, -0.2) is 65.1 Å². The van der Waals surface area contributed by atoms with Crippen LogP contribution in [-0.2, 0) is 11.3 Å². The van der Waals surface area contributed by atoms with Crippen LogP contribution in [0.2, 0.25) is 0 Å².